The zero-order valence-corrected chi connectivity index (χ0v) is 16.7. The predicted octanol–water partition coefficient (Wildman–Crippen LogP) is 4.34. The van der Waals surface area contributed by atoms with Crippen LogP contribution in [0.25, 0.3) is 5.69 Å². The number of rotatable bonds is 6. The second-order valence-electron chi connectivity index (χ2n) is 7.91. The minimum atomic E-state index is -0.0669. The molecule has 2 heterocycles. The summed E-state index contributed by atoms with van der Waals surface area (Å²) in [5.41, 5.74) is 3.37. The van der Waals surface area contributed by atoms with Crippen molar-refractivity contribution in [2.24, 2.45) is 5.41 Å². The van der Waals surface area contributed by atoms with Gasteiger partial charge in [-0.1, -0.05) is 48.0 Å². The lowest BCUT2D eigenvalue weighted by Crippen LogP contribution is -2.46. The van der Waals surface area contributed by atoms with Crippen molar-refractivity contribution in [1.82, 2.24) is 14.7 Å². The van der Waals surface area contributed by atoms with Crippen LogP contribution >= 0.6 is 11.6 Å². The third kappa shape index (κ3) is 4.46. The second-order valence-corrected chi connectivity index (χ2v) is 8.34. The fourth-order valence-electron chi connectivity index (χ4n) is 4.26. The van der Waals surface area contributed by atoms with Gasteiger partial charge in [0, 0.05) is 35.3 Å². The summed E-state index contributed by atoms with van der Waals surface area (Å²) in [6, 6.07) is 18.2. The van der Waals surface area contributed by atoms with Gasteiger partial charge < -0.3 is 5.11 Å². The molecule has 4 nitrogen and oxygen atoms in total. The van der Waals surface area contributed by atoms with E-state index >= 15 is 0 Å². The lowest BCUT2D eigenvalue weighted by molar-refractivity contribution is 0.0288. The molecule has 0 aliphatic carbocycles. The van der Waals surface area contributed by atoms with Crippen molar-refractivity contribution in [3.05, 3.63) is 83.1 Å². The molecule has 0 radical (unpaired) electrons. The molecule has 2 aromatic carbocycles. The highest BCUT2D eigenvalue weighted by Gasteiger charge is 2.35. The van der Waals surface area contributed by atoms with Gasteiger partial charge in [-0.15, -0.1) is 0 Å². The molecule has 0 unspecified atom stereocenters. The molecule has 0 spiro atoms. The minimum absolute atomic E-state index is 0.0669. The Balaban J connectivity index is 1.45. The number of halogens is 1. The lowest BCUT2D eigenvalue weighted by atomic mass is 9.75. The molecule has 28 heavy (non-hydrogen) atoms. The Morgan fingerprint density at radius 2 is 1.93 bits per heavy atom. The van der Waals surface area contributed by atoms with E-state index in [0.29, 0.717) is 5.02 Å². The second kappa shape index (κ2) is 8.48. The van der Waals surface area contributed by atoms with Gasteiger partial charge >= 0.3 is 0 Å². The molecule has 1 aromatic heterocycles. The van der Waals surface area contributed by atoms with E-state index in [2.05, 4.69) is 40.5 Å². The Kier molecular flexibility index (Phi) is 5.81. The van der Waals surface area contributed by atoms with Crippen LogP contribution in [0.15, 0.2) is 67.0 Å². The summed E-state index contributed by atoms with van der Waals surface area (Å²) in [5.74, 6) is 0. The maximum Gasteiger partial charge on any atom is 0.0660 e. The number of aromatic nitrogens is 2. The Morgan fingerprint density at radius 1 is 1.07 bits per heavy atom. The largest absolute Gasteiger partial charge is 0.396 e. The van der Waals surface area contributed by atoms with Crippen molar-refractivity contribution >= 4 is 11.6 Å². The van der Waals surface area contributed by atoms with Crippen LogP contribution in [0.3, 0.4) is 0 Å². The van der Waals surface area contributed by atoms with E-state index in [4.69, 9.17) is 11.6 Å². The van der Waals surface area contributed by atoms with Crippen LogP contribution in [0, 0.1) is 5.41 Å². The van der Waals surface area contributed by atoms with Crippen molar-refractivity contribution in [1.29, 1.82) is 0 Å². The van der Waals surface area contributed by atoms with Gasteiger partial charge in [0.15, 0.2) is 0 Å². The van der Waals surface area contributed by atoms with Gasteiger partial charge in [0.1, 0.15) is 0 Å². The third-order valence-electron chi connectivity index (χ3n) is 5.61. The average molecular weight is 396 g/mol. The number of aliphatic hydroxyl groups excluding tert-OH is 1. The van der Waals surface area contributed by atoms with Gasteiger partial charge in [0.2, 0.25) is 0 Å². The van der Waals surface area contributed by atoms with Crippen LogP contribution in [-0.2, 0) is 13.0 Å². The van der Waals surface area contributed by atoms with Gasteiger partial charge in [-0.05, 0) is 49.6 Å². The first-order valence-electron chi connectivity index (χ1n) is 9.82. The third-order valence-corrected chi connectivity index (χ3v) is 5.85. The van der Waals surface area contributed by atoms with Crippen molar-refractivity contribution in [3.8, 4) is 5.69 Å². The zero-order valence-electron chi connectivity index (χ0n) is 16.0. The maximum absolute atomic E-state index is 10.2. The Hall–Kier alpha value is -2.14. The van der Waals surface area contributed by atoms with E-state index in [9.17, 15) is 5.11 Å². The Bertz CT molecular complexity index is 911. The van der Waals surface area contributed by atoms with Crippen molar-refractivity contribution in [3.63, 3.8) is 0 Å². The molecule has 146 valence electrons. The zero-order chi connectivity index (χ0) is 19.4. The fraction of sp³-hybridized carbons (Fsp3) is 0.348. The molecule has 4 rings (SSSR count). The summed E-state index contributed by atoms with van der Waals surface area (Å²) in [6.07, 6.45) is 7.08. The highest BCUT2D eigenvalue weighted by atomic mass is 35.5. The minimum Gasteiger partial charge on any atom is -0.396 e. The molecule has 1 fully saturated rings. The lowest BCUT2D eigenvalue weighted by Gasteiger charge is -2.42. The monoisotopic (exact) mass is 395 g/mol. The van der Waals surface area contributed by atoms with E-state index in [1.54, 1.807) is 0 Å². The molecule has 5 heteroatoms. The van der Waals surface area contributed by atoms with E-state index in [1.165, 1.54) is 11.1 Å². The Morgan fingerprint density at radius 3 is 2.71 bits per heavy atom. The number of benzene rings is 2. The van der Waals surface area contributed by atoms with E-state index < -0.39 is 0 Å². The quantitative estimate of drug-likeness (QED) is 0.674. The number of piperidine rings is 1. The molecule has 1 aliphatic heterocycles. The van der Waals surface area contributed by atoms with Gasteiger partial charge in [0.05, 0.1) is 18.5 Å². The van der Waals surface area contributed by atoms with E-state index in [0.717, 1.165) is 44.6 Å². The number of nitrogens with zero attached hydrogens (tertiary/aromatic N) is 3. The fourth-order valence-corrected chi connectivity index (χ4v) is 4.45. The molecular weight excluding hydrogens is 370 g/mol. The van der Waals surface area contributed by atoms with Crippen molar-refractivity contribution < 1.29 is 5.11 Å². The summed E-state index contributed by atoms with van der Waals surface area (Å²) >= 11 is 6.10. The van der Waals surface area contributed by atoms with Crippen LogP contribution in [0.4, 0.5) is 0 Å². The molecule has 0 bridgehead atoms. The van der Waals surface area contributed by atoms with Gasteiger partial charge in [-0.2, -0.15) is 5.10 Å². The first kappa shape index (κ1) is 19.2. The summed E-state index contributed by atoms with van der Waals surface area (Å²) < 4.78 is 1.87. The van der Waals surface area contributed by atoms with Gasteiger partial charge in [-0.25, -0.2) is 4.68 Å². The summed E-state index contributed by atoms with van der Waals surface area (Å²) in [4.78, 5) is 2.45. The predicted molar refractivity (Wildman–Crippen MR) is 113 cm³/mol. The highest BCUT2D eigenvalue weighted by Crippen LogP contribution is 2.34. The molecule has 1 N–H and O–H groups in total. The van der Waals surface area contributed by atoms with Gasteiger partial charge in [-0.3, -0.25) is 4.90 Å². The maximum atomic E-state index is 10.2. The van der Waals surface area contributed by atoms with E-state index in [-0.39, 0.29) is 12.0 Å². The molecule has 1 atom stereocenters. The first-order chi connectivity index (χ1) is 13.7. The highest BCUT2D eigenvalue weighted by molar-refractivity contribution is 6.30. The SMILES string of the molecule is OC[C@@]1(Cc2ccccc2)CCCN(Cc2cnn(-c3cccc(Cl)c3)c2)C1. The number of likely N-dealkylation sites (tertiary alicyclic amines) is 1. The van der Waals surface area contributed by atoms with E-state index in [1.807, 2.05) is 41.2 Å². The van der Waals surface area contributed by atoms with Crippen LogP contribution in [0.2, 0.25) is 5.02 Å². The number of hydrogen-bond donors (Lipinski definition) is 1. The topological polar surface area (TPSA) is 41.3 Å². The number of hydrogen-bond acceptors (Lipinski definition) is 3. The first-order valence-corrected chi connectivity index (χ1v) is 10.2. The molecule has 0 amide bonds. The Labute approximate surface area is 171 Å². The van der Waals surface area contributed by atoms with Crippen molar-refractivity contribution in [2.45, 2.75) is 25.8 Å². The molecule has 0 saturated carbocycles. The van der Waals surface area contributed by atoms with Crippen LogP contribution < -0.4 is 0 Å². The molecule has 1 aliphatic rings. The average Bonchev–Trinajstić information content (AvgIpc) is 3.17. The van der Waals surface area contributed by atoms with Crippen LogP contribution in [0.5, 0.6) is 0 Å². The molecular formula is C23H26ClN3O. The van der Waals surface area contributed by atoms with Crippen molar-refractivity contribution in [2.75, 3.05) is 19.7 Å². The number of aliphatic hydroxyl groups is 1. The normalized spacial score (nSPS) is 20.4. The summed E-state index contributed by atoms with van der Waals surface area (Å²) in [5, 5.41) is 15.4. The molecule has 3 aromatic rings. The van der Waals surface area contributed by atoms with Crippen LogP contribution in [0.1, 0.15) is 24.0 Å². The smallest absolute Gasteiger partial charge is 0.0660 e. The van der Waals surface area contributed by atoms with Crippen LogP contribution in [-0.4, -0.2) is 39.5 Å². The standard InChI is InChI=1S/C23H26ClN3O/c24-21-8-4-9-22(12-21)27-16-20(14-25-27)15-26-11-5-10-23(17-26,18-28)13-19-6-2-1-3-7-19/h1-4,6-9,12,14,16,28H,5,10-11,13,15,17-18H2/t23-/m1/s1. The molecule has 1 saturated heterocycles. The summed E-state index contributed by atoms with van der Waals surface area (Å²) in [6.45, 7) is 3.02. The summed E-state index contributed by atoms with van der Waals surface area (Å²) in [7, 11) is 0. The van der Waals surface area contributed by atoms with Gasteiger partial charge in [0.25, 0.3) is 0 Å².